The molecule has 4 nitrogen and oxygen atoms in total. The lowest BCUT2D eigenvalue weighted by Gasteiger charge is -2.20. The third kappa shape index (κ3) is 4.12. The Labute approximate surface area is 126 Å². The van der Waals surface area contributed by atoms with E-state index in [2.05, 4.69) is 24.1 Å². The molecule has 1 heterocycles. The molecule has 0 amide bonds. The Bertz CT molecular complexity index is 682. The summed E-state index contributed by atoms with van der Waals surface area (Å²) in [4.78, 5) is 4.46. The van der Waals surface area contributed by atoms with E-state index in [0.29, 0.717) is 4.90 Å². The summed E-state index contributed by atoms with van der Waals surface area (Å²) in [6.45, 7) is 4.14. The van der Waals surface area contributed by atoms with Gasteiger partial charge in [0.05, 0.1) is 4.90 Å². The highest BCUT2D eigenvalue weighted by Gasteiger charge is 2.12. The topological polar surface area (TPSA) is 59.1 Å². The van der Waals surface area contributed by atoms with E-state index in [1.165, 1.54) is 6.26 Å². The zero-order chi connectivity index (χ0) is 15.5. The molecular formula is C16H20N2O2S. The third-order valence-electron chi connectivity index (χ3n) is 3.49. The highest BCUT2D eigenvalue weighted by molar-refractivity contribution is 7.90. The van der Waals surface area contributed by atoms with Gasteiger partial charge in [0, 0.05) is 30.7 Å². The SMILES string of the molecule is CC(N[C@@H](C)c1cccnc1)c1ccc(S(C)(=O)=O)cc1. The molecule has 0 saturated carbocycles. The van der Waals surface area contributed by atoms with Crippen molar-refractivity contribution < 1.29 is 8.42 Å². The Kier molecular flexibility index (Phi) is 4.75. The van der Waals surface area contributed by atoms with Crippen LogP contribution in [-0.4, -0.2) is 19.7 Å². The quantitative estimate of drug-likeness (QED) is 0.922. The molecule has 0 radical (unpaired) electrons. The standard InChI is InChI=1S/C16H20N2O2S/c1-12(18-13(2)15-5-4-10-17-11-15)14-6-8-16(9-7-14)21(3,19)20/h4-13,18H,1-3H3/t12?,13-/m0/s1. The molecule has 1 aromatic heterocycles. The first-order valence-electron chi connectivity index (χ1n) is 6.84. The number of nitrogens with one attached hydrogen (secondary N) is 1. The fourth-order valence-electron chi connectivity index (χ4n) is 2.20. The van der Waals surface area contributed by atoms with Crippen molar-refractivity contribution in [1.29, 1.82) is 0 Å². The van der Waals surface area contributed by atoms with E-state index in [9.17, 15) is 8.42 Å². The van der Waals surface area contributed by atoms with Crippen molar-refractivity contribution in [3.05, 3.63) is 59.9 Å². The van der Waals surface area contributed by atoms with Gasteiger partial charge in [-0.2, -0.15) is 0 Å². The second-order valence-corrected chi connectivity index (χ2v) is 7.25. The van der Waals surface area contributed by atoms with Crippen LogP contribution in [0.4, 0.5) is 0 Å². The van der Waals surface area contributed by atoms with Crippen LogP contribution in [0.1, 0.15) is 37.1 Å². The predicted octanol–water partition coefficient (Wildman–Crippen LogP) is 2.90. The van der Waals surface area contributed by atoms with Crippen LogP contribution in [0.2, 0.25) is 0 Å². The van der Waals surface area contributed by atoms with Crippen molar-refractivity contribution in [1.82, 2.24) is 10.3 Å². The van der Waals surface area contributed by atoms with Gasteiger partial charge in [-0.3, -0.25) is 4.98 Å². The van der Waals surface area contributed by atoms with Crippen LogP contribution in [0, 0.1) is 0 Å². The molecule has 5 heteroatoms. The number of sulfone groups is 1. The summed E-state index contributed by atoms with van der Waals surface area (Å²) in [5.41, 5.74) is 2.18. The van der Waals surface area contributed by atoms with Gasteiger partial charge in [-0.05, 0) is 43.2 Å². The Morgan fingerprint density at radius 1 is 1.00 bits per heavy atom. The van der Waals surface area contributed by atoms with Gasteiger partial charge in [0.25, 0.3) is 0 Å². The lowest BCUT2D eigenvalue weighted by atomic mass is 10.1. The Morgan fingerprint density at radius 2 is 1.62 bits per heavy atom. The van der Waals surface area contributed by atoms with Crippen LogP contribution >= 0.6 is 0 Å². The minimum absolute atomic E-state index is 0.119. The molecule has 0 aliphatic heterocycles. The number of nitrogens with zero attached hydrogens (tertiary/aromatic N) is 1. The maximum Gasteiger partial charge on any atom is 0.175 e. The second kappa shape index (κ2) is 6.37. The molecule has 0 aliphatic carbocycles. The van der Waals surface area contributed by atoms with Crippen molar-refractivity contribution in [2.24, 2.45) is 0 Å². The van der Waals surface area contributed by atoms with Crippen LogP contribution in [0.15, 0.2) is 53.7 Å². The molecule has 0 bridgehead atoms. The number of hydrogen-bond donors (Lipinski definition) is 1. The third-order valence-corrected chi connectivity index (χ3v) is 4.62. The van der Waals surface area contributed by atoms with Crippen molar-refractivity contribution in [3.8, 4) is 0 Å². The highest BCUT2D eigenvalue weighted by atomic mass is 32.2. The molecule has 112 valence electrons. The summed E-state index contributed by atoms with van der Waals surface area (Å²) in [6, 6.07) is 11.2. The zero-order valence-corrected chi connectivity index (χ0v) is 13.3. The first kappa shape index (κ1) is 15.7. The van der Waals surface area contributed by atoms with Gasteiger partial charge in [-0.15, -0.1) is 0 Å². The number of pyridine rings is 1. The lowest BCUT2D eigenvalue weighted by molar-refractivity contribution is 0.493. The summed E-state index contributed by atoms with van der Waals surface area (Å²) in [7, 11) is -3.14. The monoisotopic (exact) mass is 304 g/mol. The molecule has 0 spiro atoms. The molecule has 0 fully saturated rings. The van der Waals surface area contributed by atoms with Gasteiger partial charge in [0.2, 0.25) is 0 Å². The Morgan fingerprint density at radius 3 is 2.14 bits per heavy atom. The normalized spacial score (nSPS) is 14.6. The molecule has 0 aliphatic rings. The van der Waals surface area contributed by atoms with Gasteiger partial charge in [0.1, 0.15) is 0 Å². The molecular weight excluding hydrogens is 284 g/mol. The summed E-state index contributed by atoms with van der Waals surface area (Å²) < 4.78 is 22.9. The van der Waals surface area contributed by atoms with E-state index in [-0.39, 0.29) is 12.1 Å². The van der Waals surface area contributed by atoms with E-state index in [0.717, 1.165) is 11.1 Å². The van der Waals surface area contributed by atoms with Gasteiger partial charge in [0.15, 0.2) is 9.84 Å². The van der Waals surface area contributed by atoms with Gasteiger partial charge < -0.3 is 5.32 Å². The van der Waals surface area contributed by atoms with E-state index >= 15 is 0 Å². The van der Waals surface area contributed by atoms with Crippen LogP contribution in [-0.2, 0) is 9.84 Å². The minimum atomic E-state index is -3.14. The maximum absolute atomic E-state index is 11.5. The minimum Gasteiger partial charge on any atom is -0.304 e. The van der Waals surface area contributed by atoms with E-state index in [1.807, 2.05) is 30.5 Å². The Balaban J connectivity index is 2.08. The number of aromatic nitrogens is 1. The summed E-state index contributed by atoms with van der Waals surface area (Å²) in [5, 5.41) is 3.48. The van der Waals surface area contributed by atoms with Gasteiger partial charge >= 0.3 is 0 Å². The lowest BCUT2D eigenvalue weighted by Crippen LogP contribution is -2.22. The highest BCUT2D eigenvalue weighted by Crippen LogP contribution is 2.20. The van der Waals surface area contributed by atoms with Crippen LogP contribution < -0.4 is 5.32 Å². The fraction of sp³-hybridized carbons (Fsp3) is 0.312. The van der Waals surface area contributed by atoms with Crippen molar-refractivity contribution in [2.75, 3.05) is 6.26 Å². The van der Waals surface area contributed by atoms with E-state index in [4.69, 9.17) is 0 Å². The number of rotatable bonds is 5. The Hall–Kier alpha value is -1.72. The van der Waals surface area contributed by atoms with Crippen molar-refractivity contribution in [2.45, 2.75) is 30.8 Å². The largest absolute Gasteiger partial charge is 0.304 e. The van der Waals surface area contributed by atoms with Gasteiger partial charge in [-0.1, -0.05) is 18.2 Å². The number of benzene rings is 1. The van der Waals surface area contributed by atoms with Crippen molar-refractivity contribution in [3.63, 3.8) is 0 Å². The van der Waals surface area contributed by atoms with E-state index in [1.54, 1.807) is 18.3 Å². The summed E-state index contributed by atoms with van der Waals surface area (Å²) in [5.74, 6) is 0. The average molecular weight is 304 g/mol. The van der Waals surface area contributed by atoms with Crippen molar-refractivity contribution >= 4 is 9.84 Å². The molecule has 2 aromatic rings. The smallest absolute Gasteiger partial charge is 0.175 e. The second-order valence-electron chi connectivity index (χ2n) is 5.24. The molecule has 1 N–H and O–H groups in total. The average Bonchev–Trinajstić information content (AvgIpc) is 2.47. The number of hydrogen-bond acceptors (Lipinski definition) is 4. The van der Waals surface area contributed by atoms with Crippen LogP contribution in [0.3, 0.4) is 0 Å². The van der Waals surface area contributed by atoms with Crippen LogP contribution in [0.25, 0.3) is 0 Å². The van der Waals surface area contributed by atoms with E-state index < -0.39 is 9.84 Å². The fourth-order valence-corrected chi connectivity index (χ4v) is 2.83. The molecule has 0 saturated heterocycles. The van der Waals surface area contributed by atoms with Crippen LogP contribution in [0.5, 0.6) is 0 Å². The first-order valence-corrected chi connectivity index (χ1v) is 8.73. The predicted molar refractivity (Wildman–Crippen MR) is 83.8 cm³/mol. The molecule has 2 rings (SSSR count). The molecule has 1 unspecified atom stereocenters. The van der Waals surface area contributed by atoms with Gasteiger partial charge in [-0.25, -0.2) is 8.42 Å². The molecule has 2 atom stereocenters. The maximum atomic E-state index is 11.5. The zero-order valence-electron chi connectivity index (χ0n) is 12.4. The molecule has 21 heavy (non-hydrogen) atoms. The molecule has 1 aromatic carbocycles. The first-order chi connectivity index (χ1) is 9.88. The summed E-state index contributed by atoms with van der Waals surface area (Å²) >= 11 is 0. The summed E-state index contributed by atoms with van der Waals surface area (Å²) in [6.07, 6.45) is 4.81.